The van der Waals surface area contributed by atoms with Crippen LogP contribution in [0.25, 0.3) is 0 Å². The molecule has 1 heterocycles. The summed E-state index contributed by atoms with van der Waals surface area (Å²) in [7, 11) is 0. The first-order valence-corrected chi connectivity index (χ1v) is 7.18. The van der Waals surface area contributed by atoms with Gasteiger partial charge in [-0.1, -0.05) is 19.8 Å². The molecule has 2 heteroatoms. The second-order valence-electron chi connectivity index (χ2n) is 5.41. The average Bonchev–Trinajstić information content (AvgIpc) is 2.97. The molecule has 1 atom stereocenters. The van der Waals surface area contributed by atoms with Crippen LogP contribution in [0.2, 0.25) is 0 Å². The van der Waals surface area contributed by atoms with Gasteiger partial charge < -0.3 is 9.88 Å². The van der Waals surface area contributed by atoms with E-state index >= 15 is 0 Å². The molecule has 1 aliphatic rings. The zero-order valence-corrected chi connectivity index (χ0v) is 11.3. The van der Waals surface area contributed by atoms with E-state index in [0.717, 1.165) is 19.0 Å². The molecule has 2 rings (SSSR count). The van der Waals surface area contributed by atoms with Gasteiger partial charge in [-0.2, -0.15) is 0 Å². The van der Waals surface area contributed by atoms with Crippen LogP contribution < -0.4 is 5.32 Å². The summed E-state index contributed by atoms with van der Waals surface area (Å²) in [6.07, 6.45) is 9.11. The summed E-state index contributed by atoms with van der Waals surface area (Å²) in [6.45, 7) is 6.74. The standard InChI is InChI=1S/C15H26N2/c1-3-10-17-11-6-9-15(17)12-16-13(2)14-7-4-5-8-14/h6,9,11,13-14,16H,3-5,7-8,10,12H2,1-2H3/t13-/m0/s1. The third-order valence-electron chi connectivity index (χ3n) is 4.10. The minimum Gasteiger partial charge on any atom is -0.350 e. The lowest BCUT2D eigenvalue weighted by molar-refractivity contribution is 0.376. The molecule has 1 fully saturated rings. The predicted octanol–water partition coefficient (Wildman–Crippen LogP) is 3.57. The summed E-state index contributed by atoms with van der Waals surface area (Å²) in [5, 5.41) is 3.70. The van der Waals surface area contributed by atoms with Gasteiger partial charge in [0, 0.05) is 31.0 Å². The zero-order chi connectivity index (χ0) is 12.1. The summed E-state index contributed by atoms with van der Waals surface area (Å²) in [4.78, 5) is 0. The molecule has 1 aliphatic carbocycles. The highest BCUT2D eigenvalue weighted by Crippen LogP contribution is 2.27. The molecule has 0 spiro atoms. The van der Waals surface area contributed by atoms with Crippen molar-refractivity contribution in [2.75, 3.05) is 0 Å². The lowest BCUT2D eigenvalue weighted by Crippen LogP contribution is -2.32. The number of hydrogen-bond donors (Lipinski definition) is 1. The average molecular weight is 234 g/mol. The van der Waals surface area contributed by atoms with E-state index in [1.54, 1.807) is 0 Å². The molecule has 0 aliphatic heterocycles. The van der Waals surface area contributed by atoms with E-state index in [2.05, 4.69) is 42.1 Å². The van der Waals surface area contributed by atoms with Gasteiger partial charge in [0.05, 0.1) is 0 Å². The van der Waals surface area contributed by atoms with Gasteiger partial charge in [0.1, 0.15) is 0 Å². The van der Waals surface area contributed by atoms with Gasteiger partial charge in [0.15, 0.2) is 0 Å². The van der Waals surface area contributed by atoms with Gasteiger partial charge in [-0.05, 0) is 44.2 Å². The maximum absolute atomic E-state index is 3.70. The van der Waals surface area contributed by atoms with Crippen molar-refractivity contribution in [3.63, 3.8) is 0 Å². The smallest absolute Gasteiger partial charge is 0.0361 e. The zero-order valence-electron chi connectivity index (χ0n) is 11.3. The van der Waals surface area contributed by atoms with E-state index in [-0.39, 0.29) is 0 Å². The van der Waals surface area contributed by atoms with E-state index in [1.165, 1.54) is 37.8 Å². The van der Waals surface area contributed by atoms with Crippen LogP contribution in [-0.2, 0) is 13.1 Å². The SMILES string of the molecule is CCCn1cccc1CN[C@@H](C)C1CCCC1. The van der Waals surface area contributed by atoms with Crippen molar-refractivity contribution >= 4 is 0 Å². The molecule has 0 amide bonds. The highest BCUT2D eigenvalue weighted by Gasteiger charge is 2.20. The van der Waals surface area contributed by atoms with Crippen LogP contribution in [0, 0.1) is 5.92 Å². The van der Waals surface area contributed by atoms with Crippen LogP contribution in [0.1, 0.15) is 51.6 Å². The minimum absolute atomic E-state index is 0.669. The first kappa shape index (κ1) is 12.7. The molecule has 17 heavy (non-hydrogen) atoms. The fourth-order valence-electron chi connectivity index (χ4n) is 2.96. The molecule has 0 aromatic carbocycles. The summed E-state index contributed by atoms with van der Waals surface area (Å²) >= 11 is 0. The van der Waals surface area contributed by atoms with E-state index < -0.39 is 0 Å². The van der Waals surface area contributed by atoms with Crippen molar-refractivity contribution in [2.45, 2.75) is 65.1 Å². The Bertz CT molecular complexity index is 323. The summed E-state index contributed by atoms with van der Waals surface area (Å²) in [5.41, 5.74) is 1.43. The van der Waals surface area contributed by atoms with Crippen LogP contribution in [0.4, 0.5) is 0 Å². The van der Waals surface area contributed by atoms with Gasteiger partial charge in [-0.3, -0.25) is 0 Å². The third kappa shape index (κ3) is 3.35. The Kier molecular flexibility index (Phi) is 4.66. The number of nitrogens with one attached hydrogen (secondary N) is 1. The molecule has 2 nitrogen and oxygen atoms in total. The van der Waals surface area contributed by atoms with E-state index in [0.29, 0.717) is 6.04 Å². The van der Waals surface area contributed by atoms with Crippen molar-refractivity contribution in [1.29, 1.82) is 0 Å². The maximum Gasteiger partial charge on any atom is 0.0361 e. The summed E-state index contributed by atoms with van der Waals surface area (Å²) in [5.74, 6) is 0.907. The molecule has 1 aromatic heterocycles. The topological polar surface area (TPSA) is 17.0 Å². The fraction of sp³-hybridized carbons (Fsp3) is 0.733. The van der Waals surface area contributed by atoms with Crippen LogP contribution in [0.3, 0.4) is 0 Å². The normalized spacial score (nSPS) is 18.7. The highest BCUT2D eigenvalue weighted by atomic mass is 15.0. The maximum atomic E-state index is 3.70. The first-order valence-electron chi connectivity index (χ1n) is 7.18. The Labute approximate surface area is 105 Å². The quantitative estimate of drug-likeness (QED) is 0.796. The number of nitrogens with zero attached hydrogens (tertiary/aromatic N) is 1. The first-order chi connectivity index (χ1) is 8.31. The third-order valence-corrected chi connectivity index (χ3v) is 4.10. The van der Waals surface area contributed by atoms with Gasteiger partial charge in [-0.15, -0.1) is 0 Å². The van der Waals surface area contributed by atoms with Gasteiger partial charge in [-0.25, -0.2) is 0 Å². The van der Waals surface area contributed by atoms with Crippen LogP contribution in [0.5, 0.6) is 0 Å². The van der Waals surface area contributed by atoms with Crippen LogP contribution in [0.15, 0.2) is 18.3 Å². The molecule has 0 radical (unpaired) electrons. The van der Waals surface area contributed by atoms with Crippen LogP contribution in [-0.4, -0.2) is 10.6 Å². The lowest BCUT2D eigenvalue weighted by Gasteiger charge is -2.21. The summed E-state index contributed by atoms with van der Waals surface area (Å²) in [6, 6.07) is 5.07. The minimum atomic E-state index is 0.669. The Balaban J connectivity index is 1.81. The number of rotatable bonds is 6. The number of aryl methyl sites for hydroxylation is 1. The molecule has 1 aromatic rings. The molecular formula is C15H26N2. The predicted molar refractivity (Wildman–Crippen MR) is 73.0 cm³/mol. The Morgan fingerprint density at radius 2 is 2.18 bits per heavy atom. The number of aromatic nitrogens is 1. The van der Waals surface area contributed by atoms with Gasteiger partial charge >= 0.3 is 0 Å². The second-order valence-corrected chi connectivity index (χ2v) is 5.41. The largest absolute Gasteiger partial charge is 0.350 e. The molecule has 0 saturated heterocycles. The summed E-state index contributed by atoms with van der Waals surface area (Å²) < 4.78 is 2.37. The fourth-order valence-corrected chi connectivity index (χ4v) is 2.96. The van der Waals surface area contributed by atoms with Gasteiger partial charge in [0.2, 0.25) is 0 Å². The number of hydrogen-bond acceptors (Lipinski definition) is 1. The van der Waals surface area contributed by atoms with Gasteiger partial charge in [0.25, 0.3) is 0 Å². The van der Waals surface area contributed by atoms with Crippen molar-refractivity contribution in [3.05, 3.63) is 24.0 Å². The van der Waals surface area contributed by atoms with Crippen molar-refractivity contribution in [1.82, 2.24) is 9.88 Å². The molecule has 0 unspecified atom stereocenters. The second kappa shape index (κ2) is 6.25. The molecule has 96 valence electrons. The Hall–Kier alpha value is -0.760. The van der Waals surface area contributed by atoms with Crippen LogP contribution >= 0.6 is 0 Å². The van der Waals surface area contributed by atoms with E-state index in [4.69, 9.17) is 0 Å². The van der Waals surface area contributed by atoms with Crippen molar-refractivity contribution < 1.29 is 0 Å². The van der Waals surface area contributed by atoms with Crippen molar-refractivity contribution in [2.24, 2.45) is 5.92 Å². The molecule has 1 N–H and O–H groups in total. The lowest BCUT2D eigenvalue weighted by atomic mass is 10.00. The Morgan fingerprint density at radius 3 is 2.88 bits per heavy atom. The molecule has 0 bridgehead atoms. The van der Waals surface area contributed by atoms with Crippen molar-refractivity contribution in [3.8, 4) is 0 Å². The highest BCUT2D eigenvalue weighted by molar-refractivity contribution is 5.07. The van der Waals surface area contributed by atoms with E-state index in [9.17, 15) is 0 Å². The molecule has 1 saturated carbocycles. The monoisotopic (exact) mass is 234 g/mol. The Morgan fingerprint density at radius 1 is 1.41 bits per heavy atom. The molecular weight excluding hydrogens is 208 g/mol. The van der Waals surface area contributed by atoms with E-state index in [1.807, 2.05) is 0 Å².